The van der Waals surface area contributed by atoms with Crippen LogP contribution in [-0.2, 0) is 0 Å². The van der Waals surface area contributed by atoms with E-state index < -0.39 is 0 Å². The Balaban J connectivity index is 1.46. The molecule has 4 unspecified atom stereocenters. The van der Waals surface area contributed by atoms with E-state index in [0.29, 0.717) is 0 Å². The fourth-order valence-electron chi connectivity index (χ4n) is 8.58. The first kappa shape index (κ1) is 9.61. The van der Waals surface area contributed by atoms with Crippen molar-refractivity contribution in [3.63, 3.8) is 0 Å². The van der Waals surface area contributed by atoms with Gasteiger partial charge < -0.3 is 0 Å². The SMILES string of the molecule is C[C@@H]1C[C@@H]2C[C@H]1C1C2[C@@H]2C[C@H]1C1C2[C@H]2C=C[C@@H]1C2. The van der Waals surface area contributed by atoms with Crippen molar-refractivity contribution in [2.24, 2.45) is 65.1 Å². The van der Waals surface area contributed by atoms with Crippen LogP contribution < -0.4 is 0 Å². The highest BCUT2D eigenvalue weighted by Gasteiger charge is 2.70. The molecule has 0 saturated heterocycles. The van der Waals surface area contributed by atoms with Gasteiger partial charge in [-0.3, -0.25) is 0 Å². The molecule has 0 aromatic heterocycles. The number of fused-ring (bicyclic) bond motifs is 16. The predicted octanol–water partition coefficient (Wildman–Crippen LogP) is 3.98. The van der Waals surface area contributed by atoms with Crippen LogP contribution in [0.15, 0.2) is 12.2 Å². The number of hydrogen-bond donors (Lipinski definition) is 0. The number of rotatable bonds is 0. The molecule has 5 fully saturated rings. The molecule has 96 valence electrons. The summed E-state index contributed by atoms with van der Waals surface area (Å²) in [6.45, 7) is 2.56. The first-order chi connectivity index (χ1) is 8.83. The zero-order chi connectivity index (χ0) is 11.6. The summed E-state index contributed by atoms with van der Waals surface area (Å²) >= 11 is 0. The van der Waals surface area contributed by atoms with E-state index in [-0.39, 0.29) is 0 Å². The van der Waals surface area contributed by atoms with Gasteiger partial charge in [0.25, 0.3) is 0 Å². The standard InChI is InChI=1S/C18H24/c1-8-4-11-6-12(8)18-14-7-13(17(11)18)15-9-2-3-10(5-9)16(14)15/h2-3,8-18H,4-7H2,1H3/t8-,9+,10-,11-,12-,13-,14+,15?,16?,17?,18?/m1/s1. The van der Waals surface area contributed by atoms with Crippen molar-refractivity contribution in [3.8, 4) is 0 Å². The van der Waals surface area contributed by atoms with Gasteiger partial charge in [0, 0.05) is 0 Å². The van der Waals surface area contributed by atoms with Gasteiger partial charge in [-0.05, 0) is 90.8 Å². The van der Waals surface area contributed by atoms with E-state index >= 15 is 0 Å². The minimum Gasteiger partial charge on any atom is -0.0848 e. The van der Waals surface area contributed by atoms with Gasteiger partial charge in [-0.2, -0.15) is 0 Å². The van der Waals surface area contributed by atoms with Crippen LogP contribution in [0.25, 0.3) is 0 Å². The fraction of sp³-hybridized carbons (Fsp3) is 0.889. The van der Waals surface area contributed by atoms with E-state index in [1.54, 1.807) is 25.7 Å². The molecule has 6 aliphatic carbocycles. The average Bonchev–Trinajstić information content (AvgIpc) is 3.14. The Hall–Kier alpha value is -0.260. The van der Waals surface area contributed by atoms with Crippen molar-refractivity contribution in [3.05, 3.63) is 12.2 Å². The van der Waals surface area contributed by atoms with E-state index in [2.05, 4.69) is 19.1 Å². The maximum absolute atomic E-state index is 2.61. The quantitative estimate of drug-likeness (QED) is 0.444. The van der Waals surface area contributed by atoms with Crippen LogP contribution in [0.2, 0.25) is 0 Å². The average molecular weight is 240 g/mol. The molecule has 0 radical (unpaired) electrons. The highest BCUT2D eigenvalue weighted by Crippen LogP contribution is 2.76. The van der Waals surface area contributed by atoms with E-state index in [1.165, 1.54) is 23.7 Å². The van der Waals surface area contributed by atoms with Crippen molar-refractivity contribution < 1.29 is 0 Å². The Kier molecular flexibility index (Phi) is 1.48. The highest BCUT2D eigenvalue weighted by molar-refractivity contribution is 5.24. The Morgan fingerprint density at radius 3 is 2.17 bits per heavy atom. The summed E-state index contributed by atoms with van der Waals surface area (Å²) in [5, 5.41) is 0. The van der Waals surface area contributed by atoms with Gasteiger partial charge in [0.05, 0.1) is 0 Å². The molecule has 0 aromatic carbocycles. The molecule has 18 heavy (non-hydrogen) atoms. The highest BCUT2D eigenvalue weighted by atomic mass is 14.7. The molecule has 0 N–H and O–H groups in total. The topological polar surface area (TPSA) is 0 Å². The molecule has 0 nitrogen and oxygen atoms in total. The van der Waals surface area contributed by atoms with Crippen LogP contribution in [-0.4, -0.2) is 0 Å². The molecule has 6 bridgehead atoms. The van der Waals surface area contributed by atoms with E-state index in [9.17, 15) is 0 Å². The lowest BCUT2D eigenvalue weighted by molar-refractivity contribution is 0.0330. The second kappa shape index (κ2) is 2.76. The van der Waals surface area contributed by atoms with Crippen molar-refractivity contribution in [1.82, 2.24) is 0 Å². The molecule has 0 amide bonds. The molecule has 0 spiro atoms. The molecule has 0 heteroatoms. The van der Waals surface area contributed by atoms with Gasteiger partial charge in [0.1, 0.15) is 0 Å². The van der Waals surface area contributed by atoms with Gasteiger partial charge in [0.15, 0.2) is 0 Å². The Morgan fingerprint density at radius 2 is 1.39 bits per heavy atom. The smallest absolute Gasteiger partial charge is 0.0194 e. The lowest BCUT2D eigenvalue weighted by Gasteiger charge is -2.45. The third-order valence-corrected chi connectivity index (χ3v) is 8.57. The molecule has 5 saturated carbocycles. The van der Waals surface area contributed by atoms with Crippen LogP contribution in [0.1, 0.15) is 32.6 Å². The van der Waals surface area contributed by atoms with Gasteiger partial charge in [-0.1, -0.05) is 19.1 Å². The summed E-state index contributed by atoms with van der Waals surface area (Å²) in [5.74, 6) is 12.5. The van der Waals surface area contributed by atoms with Crippen LogP contribution in [0.5, 0.6) is 0 Å². The summed E-state index contributed by atoms with van der Waals surface area (Å²) in [6, 6.07) is 0. The van der Waals surface area contributed by atoms with Crippen molar-refractivity contribution in [2.45, 2.75) is 32.6 Å². The van der Waals surface area contributed by atoms with Gasteiger partial charge in [-0.25, -0.2) is 0 Å². The maximum atomic E-state index is 2.61. The third-order valence-electron chi connectivity index (χ3n) is 8.57. The largest absolute Gasteiger partial charge is 0.0848 e. The molecule has 11 atom stereocenters. The summed E-state index contributed by atoms with van der Waals surface area (Å²) < 4.78 is 0. The van der Waals surface area contributed by atoms with Crippen molar-refractivity contribution in [2.75, 3.05) is 0 Å². The molecular formula is C18H24. The Labute approximate surface area is 110 Å². The third kappa shape index (κ3) is 0.816. The Bertz CT molecular complexity index is 449. The Morgan fingerprint density at radius 1 is 0.667 bits per heavy atom. The second-order valence-electron chi connectivity index (χ2n) is 8.69. The summed E-state index contributed by atoms with van der Waals surface area (Å²) in [5.41, 5.74) is 0. The zero-order valence-corrected chi connectivity index (χ0v) is 11.3. The molecule has 0 aliphatic heterocycles. The fourth-order valence-corrected chi connectivity index (χ4v) is 8.58. The van der Waals surface area contributed by atoms with E-state index in [4.69, 9.17) is 0 Å². The van der Waals surface area contributed by atoms with E-state index in [1.807, 2.05) is 0 Å². The molecule has 6 rings (SSSR count). The van der Waals surface area contributed by atoms with Crippen molar-refractivity contribution in [1.29, 1.82) is 0 Å². The van der Waals surface area contributed by atoms with Gasteiger partial charge in [-0.15, -0.1) is 0 Å². The minimum atomic E-state index is 1.02. The first-order valence-corrected chi connectivity index (χ1v) is 8.51. The molecule has 0 heterocycles. The maximum Gasteiger partial charge on any atom is -0.0194 e. The minimum absolute atomic E-state index is 1.02. The van der Waals surface area contributed by atoms with Gasteiger partial charge in [0.2, 0.25) is 0 Å². The van der Waals surface area contributed by atoms with Crippen molar-refractivity contribution >= 4 is 0 Å². The predicted molar refractivity (Wildman–Crippen MR) is 71.7 cm³/mol. The lowest BCUT2D eigenvalue weighted by Crippen LogP contribution is -2.41. The number of allylic oxidation sites excluding steroid dienone is 2. The van der Waals surface area contributed by atoms with Gasteiger partial charge >= 0.3 is 0 Å². The summed E-state index contributed by atoms with van der Waals surface area (Å²) in [4.78, 5) is 0. The normalized spacial score (nSPS) is 73.3. The molecule has 6 aliphatic rings. The number of hydrogen-bond acceptors (Lipinski definition) is 0. The van der Waals surface area contributed by atoms with Crippen LogP contribution in [0.3, 0.4) is 0 Å². The van der Waals surface area contributed by atoms with Crippen LogP contribution >= 0.6 is 0 Å². The van der Waals surface area contributed by atoms with Crippen LogP contribution in [0.4, 0.5) is 0 Å². The molecular weight excluding hydrogens is 216 g/mol. The lowest BCUT2D eigenvalue weighted by atomic mass is 9.59. The van der Waals surface area contributed by atoms with E-state index in [0.717, 1.165) is 41.4 Å². The second-order valence-corrected chi connectivity index (χ2v) is 8.69. The summed E-state index contributed by atoms with van der Waals surface area (Å²) in [7, 11) is 0. The monoisotopic (exact) mass is 240 g/mol. The first-order valence-electron chi connectivity index (χ1n) is 8.51. The summed E-state index contributed by atoms with van der Waals surface area (Å²) in [6.07, 6.45) is 11.6. The zero-order valence-electron chi connectivity index (χ0n) is 11.3. The molecule has 0 aromatic rings. The van der Waals surface area contributed by atoms with Crippen LogP contribution in [0, 0.1) is 65.1 Å².